The maximum atomic E-state index is 12.4. The van der Waals surface area contributed by atoms with Crippen LogP contribution in [0.4, 0.5) is 5.69 Å². The zero-order valence-electron chi connectivity index (χ0n) is 11.7. The highest BCUT2D eigenvalue weighted by Crippen LogP contribution is 2.26. The van der Waals surface area contributed by atoms with Crippen LogP contribution in [-0.4, -0.2) is 24.0 Å². The van der Waals surface area contributed by atoms with Gasteiger partial charge < -0.3 is 5.32 Å². The molecule has 1 aliphatic heterocycles. The van der Waals surface area contributed by atoms with Crippen LogP contribution in [-0.2, 0) is 0 Å². The van der Waals surface area contributed by atoms with Crippen molar-refractivity contribution in [3.8, 4) is 0 Å². The van der Waals surface area contributed by atoms with Gasteiger partial charge in [0.2, 0.25) is 0 Å². The molecule has 0 unspecified atom stereocenters. The molecule has 3 rings (SSSR count). The van der Waals surface area contributed by atoms with Crippen LogP contribution < -0.4 is 10.6 Å². The van der Waals surface area contributed by atoms with Crippen molar-refractivity contribution in [2.75, 3.05) is 11.6 Å². The van der Waals surface area contributed by atoms with Gasteiger partial charge in [-0.15, -0.1) is 11.8 Å². The number of amides is 3. The summed E-state index contributed by atoms with van der Waals surface area (Å²) in [6, 6.07) is 12.0. The van der Waals surface area contributed by atoms with Crippen LogP contribution in [0.25, 0.3) is 0 Å². The monoisotopic (exact) mass is 312 g/mol. The van der Waals surface area contributed by atoms with Crippen LogP contribution in [0.2, 0.25) is 0 Å². The van der Waals surface area contributed by atoms with Gasteiger partial charge in [-0.1, -0.05) is 18.2 Å². The predicted octanol–water partition coefficient (Wildman–Crippen LogP) is 2.54. The van der Waals surface area contributed by atoms with Crippen LogP contribution in [0.5, 0.6) is 0 Å². The quantitative estimate of drug-likeness (QED) is 0.674. The van der Waals surface area contributed by atoms with E-state index in [0.29, 0.717) is 11.3 Å². The number of carbonyl (C=O) groups is 3. The molecule has 0 spiro atoms. The fourth-order valence-corrected chi connectivity index (χ4v) is 2.94. The lowest BCUT2D eigenvalue weighted by atomic mass is 10.1. The molecule has 0 saturated carbocycles. The Balaban J connectivity index is 1.97. The van der Waals surface area contributed by atoms with Gasteiger partial charge in [-0.2, -0.15) is 0 Å². The summed E-state index contributed by atoms with van der Waals surface area (Å²) in [5, 5.41) is 4.94. The summed E-state index contributed by atoms with van der Waals surface area (Å²) in [6.07, 6.45) is 1.89. The fraction of sp³-hybridized carbons (Fsp3) is 0.0625. The van der Waals surface area contributed by atoms with E-state index in [9.17, 15) is 14.4 Å². The lowest BCUT2D eigenvalue weighted by Crippen LogP contribution is -2.21. The Kier molecular flexibility index (Phi) is 3.68. The Morgan fingerprint density at radius 3 is 2.59 bits per heavy atom. The third-order valence-corrected chi connectivity index (χ3v) is 4.16. The molecule has 0 radical (unpaired) electrons. The SMILES string of the molecule is CSc1ccccc1C(=O)Nc1cccc2c1C(=O)NC2=O. The normalized spacial score (nSPS) is 12.8. The van der Waals surface area contributed by atoms with Gasteiger partial charge in [0.1, 0.15) is 0 Å². The molecule has 0 fully saturated rings. The van der Waals surface area contributed by atoms with Gasteiger partial charge in [0, 0.05) is 4.90 Å². The topological polar surface area (TPSA) is 75.3 Å². The van der Waals surface area contributed by atoms with Crippen molar-refractivity contribution in [2.45, 2.75) is 4.90 Å². The smallest absolute Gasteiger partial charge is 0.261 e. The zero-order chi connectivity index (χ0) is 15.7. The second kappa shape index (κ2) is 5.65. The Hall–Kier alpha value is -2.60. The Bertz CT molecular complexity index is 802. The minimum absolute atomic E-state index is 0.211. The summed E-state index contributed by atoms with van der Waals surface area (Å²) >= 11 is 1.47. The molecule has 1 heterocycles. The molecule has 1 aliphatic rings. The minimum Gasteiger partial charge on any atom is -0.321 e. The van der Waals surface area contributed by atoms with E-state index in [2.05, 4.69) is 10.6 Å². The number of imide groups is 1. The highest BCUT2D eigenvalue weighted by atomic mass is 32.2. The standard InChI is InChI=1S/C16H12N2O3S/c1-22-12-8-3-2-5-9(12)14(19)17-11-7-4-6-10-13(11)16(21)18-15(10)20/h2-8H,1H3,(H,17,19)(H,18,20,21). The van der Waals surface area contributed by atoms with E-state index in [1.165, 1.54) is 11.8 Å². The first kappa shape index (κ1) is 14.3. The Labute approximate surface area is 131 Å². The second-order valence-corrected chi connectivity index (χ2v) is 5.51. The average Bonchev–Trinajstić information content (AvgIpc) is 2.83. The molecule has 3 amide bonds. The number of hydrogen-bond acceptors (Lipinski definition) is 4. The van der Waals surface area contributed by atoms with Gasteiger partial charge in [-0.3, -0.25) is 19.7 Å². The number of benzene rings is 2. The molecule has 0 aliphatic carbocycles. The highest BCUT2D eigenvalue weighted by Gasteiger charge is 2.29. The third-order valence-electron chi connectivity index (χ3n) is 3.36. The molecule has 22 heavy (non-hydrogen) atoms. The zero-order valence-corrected chi connectivity index (χ0v) is 12.5. The van der Waals surface area contributed by atoms with Crippen LogP contribution in [0.1, 0.15) is 31.1 Å². The molecule has 2 N–H and O–H groups in total. The third kappa shape index (κ3) is 2.37. The van der Waals surface area contributed by atoms with Crippen LogP contribution in [0.3, 0.4) is 0 Å². The summed E-state index contributed by atoms with van der Waals surface area (Å²) in [7, 11) is 0. The number of fused-ring (bicyclic) bond motifs is 1. The summed E-state index contributed by atoms with van der Waals surface area (Å²) < 4.78 is 0. The molecule has 0 atom stereocenters. The van der Waals surface area contributed by atoms with Gasteiger partial charge in [0.15, 0.2) is 0 Å². The molecule has 110 valence electrons. The summed E-state index contributed by atoms with van der Waals surface area (Å²) in [6.45, 7) is 0. The highest BCUT2D eigenvalue weighted by molar-refractivity contribution is 7.98. The largest absolute Gasteiger partial charge is 0.321 e. The summed E-state index contributed by atoms with van der Waals surface area (Å²) in [5.41, 5.74) is 1.35. The van der Waals surface area contributed by atoms with Gasteiger partial charge in [-0.25, -0.2) is 0 Å². The van der Waals surface area contributed by atoms with Crippen LogP contribution >= 0.6 is 11.8 Å². The molecular weight excluding hydrogens is 300 g/mol. The van der Waals surface area contributed by atoms with E-state index in [1.54, 1.807) is 30.3 Å². The lowest BCUT2D eigenvalue weighted by molar-refractivity contribution is 0.0879. The van der Waals surface area contributed by atoms with Crippen molar-refractivity contribution >= 4 is 35.2 Å². The maximum absolute atomic E-state index is 12.4. The molecule has 5 nitrogen and oxygen atoms in total. The maximum Gasteiger partial charge on any atom is 0.261 e. The first-order valence-corrected chi connectivity index (χ1v) is 7.77. The van der Waals surface area contributed by atoms with Gasteiger partial charge >= 0.3 is 0 Å². The second-order valence-electron chi connectivity index (χ2n) is 4.67. The Morgan fingerprint density at radius 2 is 1.82 bits per heavy atom. The van der Waals surface area contributed by atoms with Crippen molar-refractivity contribution < 1.29 is 14.4 Å². The molecular formula is C16H12N2O3S. The first-order valence-electron chi connectivity index (χ1n) is 6.55. The van der Waals surface area contributed by atoms with E-state index in [0.717, 1.165) is 4.90 Å². The minimum atomic E-state index is -0.492. The van der Waals surface area contributed by atoms with Gasteiger partial charge in [0.05, 0.1) is 22.4 Å². The van der Waals surface area contributed by atoms with Gasteiger partial charge in [0.25, 0.3) is 17.7 Å². The van der Waals surface area contributed by atoms with E-state index in [1.807, 2.05) is 18.4 Å². The first-order chi connectivity index (χ1) is 10.6. The van der Waals surface area contributed by atoms with Crippen molar-refractivity contribution in [2.24, 2.45) is 0 Å². The van der Waals surface area contributed by atoms with E-state index < -0.39 is 11.8 Å². The number of hydrogen-bond donors (Lipinski definition) is 2. The van der Waals surface area contributed by atoms with Gasteiger partial charge in [-0.05, 0) is 30.5 Å². The molecule has 6 heteroatoms. The van der Waals surface area contributed by atoms with Crippen molar-refractivity contribution in [3.05, 3.63) is 59.2 Å². The number of carbonyl (C=O) groups excluding carboxylic acids is 3. The van der Waals surface area contributed by atoms with E-state index >= 15 is 0 Å². The molecule has 0 bridgehead atoms. The molecule has 2 aromatic carbocycles. The molecule has 0 saturated heterocycles. The summed E-state index contributed by atoms with van der Waals surface area (Å²) in [5.74, 6) is -1.25. The molecule has 0 aromatic heterocycles. The predicted molar refractivity (Wildman–Crippen MR) is 84.4 cm³/mol. The van der Waals surface area contributed by atoms with E-state index in [4.69, 9.17) is 0 Å². The fourth-order valence-electron chi connectivity index (χ4n) is 2.35. The summed E-state index contributed by atoms with van der Waals surface area (Å²) in [4.78, 5) is 36.8. The number of anilines is 1. The molecule has 2 aromatic rings. The number of nitrogens with one attached hydrogen (secondary N) is 2. The van der Waals surface area contributed by atoms with Crippen LogP contribution in [0, 0.1) is 0 Å². The number of thioether (sulfide) groups is 1. The Morgan fingerprint density at radius 1 is 1.05 bits per heavy atom. The van der Waals surface area contributed by atoms with E-state index in [-0.39, 0.29) is 17.0 Å². The number of rotatable bonds is 3. The van der Waals surface area contributed by atoms with Crippen molar-refractivity contribution in [3.63, 3.8) is 0 Å². The lowest BCUT2D eigenvalue weighted by Gasteiger charge is -2.10. The average molecular weight is 312 g/mol. The van der Waals surface area contributed by atoms with Crippen molar-refractivity contribution in [1.29, 1.82) is 0 Å². The van der Waals surface area contributed by atoms with Crippen LogP contribution in [0.15, 0.2) is 47.4 Å². The van der Waals surface area contributed by atoms with Crippen molar-refractivity contribution in [1.82, 2.24) is 5.32 Å².